The smallest absolute Gasteiger partial charge is 0.254 e. The van der Waals surface area contributed by atoms with E-state index in [1.165, 1.54) is 19.0 Å². The molecule has 1 aromatic heterocycles. The van der Waals surface area contributed by atoms with E-state index in [4.69, 9.17) is 17.3 Å². The molecule has 6 heteroatoms. The summed E-state index contributed by atoms with van der Waals surface area (Å²) < 4.78 is 0. The van der Waals surface area contributed by atoms with Gasteiger partial charge in [-0.15, -0.1) is 0 Å². The highest BCUT2D eigenvalue weighted by Gasteiger charge is 2.36. The standard InChI is InChI=1S/C14H19ClN4O/c15-13-10(7-9(16)8-17-13)14(20)18-11-4-6-19-5-2-1-3-12(11)19/h7-8,11-12H,1-6,16H2,(H,18,20). The number of nitrogens with one attached hydrogen (secondary N) is 1. The maximum atomic E-state index is 12.3. The van der Waals surface area contributed by atoms with E-state index in [0.717, 1.165) is 25.9 Å². The first kappa shape index (κ1) is 13.6. The Morgan fingerprint density at radius 1 is 1.40 bits per heavy atom. The molecule has 1 aromatic rings. The molecular formula is C14H19ClN4O. The van der Waals surface area contributed by atoms with E-state index < -0.39 is 0 Å². The summed E-state index contributed by atoms with van der Waals surface area (Å²) in [5.41, 5.74) is 6.48. The Bertz CT molecular complexity index is 522. The molecule has 2 aliphatic heterocycles. The fraction of sp³-hybridized carbons (Fsp3) is 0.571. The van der Waals surface area contributed by atoms with E-state index in [1.54, 1.807) is 6.07 Å². The summed E-state index contributed by atoms with van der Waals surface area (Å²) >= 11 is 5.98. The van der Waals surface area contributed by atoms with Crippen molar-refractivity contribution in [1.29, 1.82) is 0 Å². The van der Waals surface area contributed by atoms with Gasteiger partial charge in [0, 0.05) is 18.6 Å². The molecule has 2 atom stereocenters. The number of hydrogen-bond donors (Lipinski definition) is 2. The Labute approximate surface area is 123 Å². The average Bonchev–Trinajstić information content (AvgIpc) is 2.85. The lowest BCUT2D eigenvalue weighted by molar-refractivity contribution is 0.0915. The van der Waals surface area contributed by atoms with Gasteiger partial charge in [-0.05, 0) is 31.9 Å². The molecule has 2 saturated heterocycles. The van der Waals surface area contributed by atoms with Crippen LogP contribution in [0.15, 0.2) is 12.3 Å². The van der Waals surface area contributed by atoms with E-state index in [0.29, 0.717) is 17.3 Å². The molecule has 3 rings (SSSR count). The van der Waals surface area contributed by atoms with Crippen LogP contribution >= 0.6 is 11.6 Å². The predicted octanol–water partition coefficient (Wildman–Crippen LogP) is 1.67. The van der Waals surface area contributed by atoms with Crippen molar-refractivity contribution in [2.24, 2.45) is 0 Å². The summed E-state index contributed by atoms with van der Waals surface area (Å²) in [6, 6.07) is 2.26. The SMILES string of the molecule is Nc1cnc(Cl)c(C(=O)NC2CCN3CCCCC23)c1. The van der Waals surface area contributed by atoms with Crippen molar-refractivity contribution in [3.05, 3.63) is 23.0 Å². The summed E-state index contributed by atoms with van der Waals surface area (Å²) in [7, 11) is 0. The number of halogens is 1. The zero-order chi connectivity index (χ0) is 14.1. The van der Waals surface area contributed by atoms with Crippen LogP contribution in [0.1, 0.15) is 36.0 Å². The molecule has 0 radical (unpaired) electrons. The van der Waals surface area contributed by atoms with Crippen molar-refractivity contribution >= 4 is 23.2 Å². The maximum absolute atomic E-state index is 12.3. The van der Waals surface area contributed by atoms with Gasteiger partial charge in [0.15, 0.2) is 0 Å². The fourth-order valence-electron chi connectivity index (χ4n) is 3.29. The number of anilines is 1. The van der Waals surface area contributed by atoms with Crippen molar-refractivity contribution in [2.75, 3.05) is 18.8 Å². The molecular weight excluding hydrogens is 276 g/mol. The van der Waals surface area contributed by atoms with Gasteiger partial charge in [0.2, 0.25) is 0 Å². The lowest BCUT2D eigenvalue weighted by Gasteiger charge is -2.32. The number of piperidine rings is 1. The van der Waals surface area contributed by atoms with Crippen LogP contribution in [0.5, 0.6) is 0 Å². The van der Waals surface area contributed by atoms with E-state index in [2.05, 4.69) is 15.2 Å². The molecule has 108 valence electrons. The molecule has 0 bridgehead atoms. The first-order chi connectivity index (χ1) is 9.65. The summed E-state index contributed by atoms with van der Waals surface area (Å²) in [6.07, 6.45) is 6.13. The number of pyridine rings is 1. The van der Waals surface area contributed by atoms with E-state index in [-0.39, 0.29) is 17.1 Å². The van der Waals surface area contributed by atoms with Crippen molar-refractivity contribution in [1.82, 2.24) is 15.2 Å². The van der Waals surface area contributed by atoms with Crippen LogP contribution in [0.25, 0.3) is 0 Å². The minimum Gasteiger partial charge on any atom is -0.397 e. The molecule has 3 heterocycles. The molecule has 0 spiro atoms. The van der Waals surface area contributed by atoms with Crippen molar-refractivity contribution in [3.8, 4) is 0 Å². The number of rotatable bonds is 2. The van der Waals surface area contributed by atoms with Gasteiger partial charge in [-0.1, -0.05) is 18.0 Å². The Morgan fingerprint density at radius 2 is 2.25 bits per heavy atom. The molecule has 0 aliphatic carbocycles. The topological polar surface area (TPSA) is 71.2 Å². The Morgan fingerprint density at radius 3 is 3.10 bits per heavy atom. The highest BCUT2D eigenvalue weighted by atomic mass is 35.5. The Balaban J connectivity index is 1.71. The van der Waals surface area contributed by atoms with Gasteiger partial charge in [-0.2, -0.15) is 0 Å². The number of nitrogen functional groups attached to an aromatic ring is 1. The number of fused-ring (bicyclic) bond motifs is 1. The second-order valence-corrected chi connectivity index (χ2v) is 5.93. The third-order valence-electron chi connectivity index (χ3n) is 4.28. The number of carbonyl (C=O) groups excluding carboxylic acids is 1. The minimum atomic E-state index is -0.174. The monoisotopic (exact) mass is 294 g/mol. The fourth-order valence-corrected chi connectivity index (χ4v) is 3.47. The van der Waals surface area contributed by atoms with Gasteiger partial charge in [-0.3, -0.25) is 9.69 Å². The van der Waals surface area contributed by atoms with Gasteiger partial charge >= 0.3 is 0 Å². The number of nitrogens with two attached hydrogens (primary N) is 1. The lowest BCUT2D eigenvalue weighted by atomic mass is 9.99. The lowest BCUT2D eigenvalue weighted by Crippen LogP contribution is -2.46. The van der Waals surface area contributed by atoms with Gasteiger partial charge in [0.1, 0.15) is 5.15 Å². The second kappa shape index (κ2) is 5.58. The zero-order valence-corrected chi connectivity index (χ0v) is 12.1. The third-order valence-corrected chi connectivity index (χ3v) is 4.58. The quantitative estimate of drug-likeness (QED) is 0.814. The van der Waals surface area contributed by atoms with Crippen molar-refractivity contribution < 1.29 is 4.79 Å². The first-order valence-corrected chi connectivity index (χ1v) is 7.49. The largest absolute Gasteiger partial charge is 0.397 e. The summed E-state index contributed by atoms with van der Waals surface area (Å²) in [5, 5.41) is 3.31. The summed E-state index contributed by atoms with van der Waals surface area (Å²) in [6.45, 7) is 2.22. The zero-order valence-electron chi connectivity index (χ0n) is 11.3. The summed E-state index contributed by atoms with van der Waals surface area (Å²) in [5.74, 6) is -0.174. The molecule has 1 amide bonds. The van der Waals surface area contributed by atoms with Gasteiger partial charge in [0.05, 0.1) is 17.4 Å². The molecule has 0 saturated carbocycles. The van der Waals surface area contributed by atoms with Crippen LogP contribution in [0, 0.1) is 0 Å². The van der Waals surface area contributed by atoms with Crippen LogP contribution in [0.4, 0.5) is 5.69 Å². The van der Waals surface area contributed by atoms with Crippen molar-refractivity contribution in [2.45, 2.75) is 37.8 Å². The van der Waals surface area contributed by atoms with Crippen LogP contribution < -0.4 is 11.1 Å². The highest BCUT2D eigenvalue weighted by molar-refractivity contribution is 6.32. The number of amides is 1. The van der Waals surface area contributed by atoms with Gasteiger partial charge in [-0.25, -0.2) is 4.98 Å². The molecule has 2 unspecified atom stereocenters. The third kappa shape index (κ3) is 2.60. The molecule has 2 fully saturated rings. The number of nitrogens with zero attached hydrogens (tertiary/aromatic N) is 2. The first-order valence-electron chi connectivity index (χ1n) is 7.11. The molecule has 3 N–H and O–H groups in total. The average molecular weight is 295 g/mol. The normalized spacial score (nSPS) is 26.2. The highest BCUT2D eigenvalue weighted by Crippen LogP contribution is 2.27. The van der Waals surface area contributed by atoms with Gasteiger partial charge < -0.3 is 11.1 Å². The van der Waals surface area contributed by atoms with Gasteiger partial charge in [0.25, 0.3) is 5.91 Å². The second-order valence-electron chi connectivity index (χ2n) is 5.57. The van der Waals surface area contributed by atoms with Crippen LogP contribution in [0.3, 0.4) is 0 Å². The Kier molecular flexibility index (Phi) is 3.81. The summed E-state index contributed by atoms with van der Waals surface area (Å²) in [4.78, 5) is 18.7. The number of hydrogen-bond acceptors (Lipinski definition) is 4. The molecule has 20 heavy (non-hydrogen) atoms. The minimum absolute atomic E-state index is 0.174. The van der Waals surface area contributed by atoms with Crippen LogP contribution in [-0.4, -0.2) is 41.0 Å². The molecule has 0 aromatic carbocycles. The predicted molar refractivity (Wildman–Crippen MR) is 78.7 cm³/mol. The van der Waals surface area contributed by atoms with E-state index in [1.807, 2.05) is 0 Å². The van der Waals surface area contributed by atoms with E-state index >= 15 is 0 Å². The van der Waals surface area contributed by atoms with E-state index in [9.17, 15) is 4.79 Å². The number of aromatic nitrogens is 1. The molecule has 5 nitrogen and oxygen atoms in total. The molecule has 2 aliphatic rings. The van der Waals surface area contributed by atoms with Crippen LogP contribution in [0.2, 0.25) is 5.15 Å². The van der Waals surface area contributed by atoms with Crippen LogP contribution in [-0.2, 0) is 0 Å². The number of carbonyl (C=O) groups is 1. The maximum Gasteiger partial charge on any atom is 0.254 e. The Hall–Kier alpha value is -1.33. The van der Waals surface area contributed by atoms with Crippen molar-refractivity contribution in [3.63, 3.8) is 0 Å².